The van der Waals surface area contributed by atoms with Gasteiger partial charge in [0.2, 0.25) is 5.91 Å². The van der Waals surface area contributed by atoms with Gasteiger partial charge >= 0.3 is 0 Å². The number of carbonyl (C=O) groups is 2. The summed E-state index contributed by atoms with van der Waals surface area (Å²) in [5.74, 6) is 1.12. The molecule has 1 aliphatic carbocycles. The molecule has 0 bridgehead atoms. The third kappa shape index (κ3) is 5.42. The topological polar surface area (TPSA) is 71.1 Å². The number of halogens is 1. The summed E-state index contributed by atoms with van der Waals surface area (Å²) >= 11 is 6.47. The number of likely N-dealkylation sites (tertiary alicyclic amines) is 1. The Bertz CT molecular complexity index is 1040. The maximum Gasteiger partial charge on any atom is 0.255 e. The largest absolute Gasteiger partial charge is 0.497 e. The number of carbonyl (C=O) groups excluding carboxylic acids is 2. The van der Waals surface area contributed by atoms with E-state index >= 15 is 0 Å². The van der Waals surface area contributed by atoms with E-state index in [1.807, 2.05) is 18.2 Å². The minimum atomic E-state index is -0.232. The highest BCUT2D eigenvalue weighted by Gasteiger charge is 2.34. The van der Waals surface area contributed by atoms with E-state index in [0.717, 1.165) is 44.6 Å². The number of nitrogens with zero attached hydrogens (tertiary/aromatic N) is 2. The predicted molar refractivity (Wildman–Crippen MR) is 128 cm³/mol. The number of rotatable bonds is 8. The Morgan fingerprint density at radius 1 is 1.15 bits per heavy atom. The number of benzene rings is 2. The molecule has 33 heavy (non-hydrogen) atoms. The molecule has 0 aromatic heterocycles. The molecule has 1 atom stereocenters. The van der Waals surface area contributed by atoms with Gasteiger partial charge in [-0.1, -0.05) is 23.7 Å². The van der Waals surface area contributed by atoms with Crippen molar-refractivity contribution in [3.05, 3.63) is 52.5 Å². The van der Waals surface area contributed by atoms with Gasteiger partial charge in [0, 0.05) is 44.7 Å². The van der Waals surface area contributed by atoms with E-state index in [2.05, 4.69) is 16.3 Å². The lowest BCUT2D eigenvalue weighted by Crippen LogP contribution is -2.37. The average molecular weight is 472 g/mol. The molecule has 0 spiro atoms. The smallest absolute Gasteiger partial charge is 0.255 e. The predicted octanol–water partition coefficient (Wildman–Crippen LogP) is 3.73. The van der Waals surface area contributed by atoms with Crippen LogP contribution in [0.15, 0.2) is 36.4 Å². The summed E-state index contributed by atoms with van der Waals surface area (Å²) in [7, 11) is 4.88. The van der Waals surface area contributed by atoms with Crippen LogP contribution >= 0.6 is 11.6 Å². The van der Waals surface area contributed by atoms with Crippen molar-refractivity contribution in [2.24, 2.45) is 5.92 Å². The molecule has 7 nitrogen and oxygen atoms in total. The Balaban J connectivity index is 1.40. The van der Waals surface area contributed by atoms with Crippen LogP contribution in [0.2, 0.25) is 5.02 Å². The van der Waals surface area contributed by atoms with Crippen molar-refractivity contribution in [3.63, 3.8) is 0 Å². The van der Waals surface area contributed by atoms with Crippen molar-refractivity contribution in [1.82, 2.24) is 10.2 Å². The van der Waals surface area contributed by atoms with E-state index in [0.29, 0.717) is 22.0 Å². The van der Waals surface area contributed by atoms with Gasteiger partial charge in [0.15, 0.2) is 0 Å². The summed E-state index contributed by atoms with van der Waals surface area (Å²) in [6.07, 6.45) is 2.69. The molecule has 2 aliphatic rings. The summed E-state index contributed by atoms with van der Waals surface area (Å²) in [5.41, 5.74) is 2.09. The van der Waals surface area contributed by atoms with Gasteiger partial charge < -0.3 is 19.7 Å². The molecule has 4 rings (SSSR count). The summed E-state index contributed by atoms with van der Waals surface area (Å²) in [4.78, 5) is 29.4. The second kappa shape index (κ2) is 10.0. The number of hydrogen-bond acceptors (Lipinski definition) is 5. The van der Waals surface area contributed by atoms with Crippen LogP contribution in [0.1, 0.15) is 35.2 Å². The summed E-state index contributed by atoms with van der Waals surface area (Å²) in [5, 5.41) is 3.46. The van der Waals surface area contributed by atoms with Gasteiger partial charge in [-0.3, -0.25) is 14.5 Å². The first-order chi connectivity index (χ1) is 15.9. The molecule has 8 heteroatoms. The Kier molecular flexibility index (Phi) is 7.10. The van der Waals surface area contributed by atoms with E-state index in [-0.39, 0.29) is 23.8 Å². The van der Waals surface area contributed by atoms with E-state index < -0.39 is 0 Å². The normalized spacial score (nSPS) is 18.1. The SMILES string of the molecule is COc1cccc(CN2CC[C@H](NC(=O)c3cc(Cl)c(N(C)C(=O)C4CC4)cc3OC)C2)c1. The number of hydrogen-bond donors (Lipinski definition) is 1. The third-order valence-corrected chi connectivity index (χ3v) is 6.58. The molecule has 1 saturated heterocycles. The lowest BCUT2D eigenvalue weighted by Gasteiger charge is -2.21. The monoisotopic (exact) mass is 471 g/mol. The van der Waals surface area contributed by atoms with Gasteiger partial charge in [-0.15, -0.1) is 0 Å². The van der Waals surface area contributed by atoms with Gasteiger partial charge in [-0.05, 0) is 43.0 Å². The highest BCUT2D eigenvalue weighted by molar-refractivity contribution is 6.34. The second-order valence-corrected chi connectivity index (χ2v) is 9.13. The summed E-state index contributed by atoms with van der Waals surface area (Å²) in [6, 6.07) is 11.3. The summed E-state index contributed by atoms with van der Waals surface area (Å²) in [6.45, 7) is 2.46. The molecule has 1 heterocycles. The van der Waals surface area contributed by atoms with Gasteiger partial charge in [0.25, 0.3) is 5.91 Å². The lowest BCUT2D eigenvalue weighted by molar-refractivity contribution is -0.119. The van der Waals surface area contributed by atoms with Crippen molar-refractivity contribution in [2.75, 3.05) is 39.3 Å². The fraction of sp³-hybridized carbons (Fsp3) is 0.440. The molecule has 1 N–H and O–H groups in total. The highest BCUT2D eigenvalue weighted by atomic mass is 35.5. The highest BCUT2D eigenvalue weighted by Crippen LogP contribution is 2.37. The lowest BCUT2D eigenvalue weighted by atomic mass is 10.1. The number of ether oxygens (including phenoxy) is 2. The zero-order chi connectivity index (χ0) is 23.5. The van der Waals surface area contributed by atoms with Gasteiger partial charge in [0.1, 0.15) is 11.5 Å². The second-order valence-electron chi connectivity index (χ2n) is 8.72. The molecule has 2 aromatic rings. The van der Waals surface area contributed by atoms with Crippen molar-refractivity contribution in [2.45, 2.75) is 31.8 Å². The molecular formula is C25H30ClN3O4. The Labute approximate surface area is 199 Å². The molecule has 0 radical (unpaired) electrons. The van der Waals surface area contributed by atoms with Crippen LogP contribution in [0, 0.1) is 5.92 Å². The fourth-order valence-corrected chi connectivity index (χ4v) is 4.55. The average Bonchev–Trinajstić information content (AvgIpc) is 3.58. The molecule has 1 saturated carbocycles. The van der Waals surface area contributed by atoms with Crippen molar-refractivity contribution < 1.29 is 19.1 Å². The Hall–Kier alpha value is -2.77. The maximum absolute atomic E-state index is 13.0. The molecular weight excluding hydrogens is 442 g/mol. The standard InChI is InChI=1S/C25H30ClN3O4/c1-28(25(31)17-7-8-17)22-13-23(33-3)20(12-21(22)26)24(30)27-18-9-10-29(15-18)14-16-5-4-6-19(11-16)32-2/h4-6,11-13,17-18H,7-10,14-15H2,1-3H3,(H,27,30)/t18-/m0/s1. The van der Waals surface area contributed by atoms with Crippen LogP contribution in [-0.4, -0.2) is 57.1 Å². The Morgan fingerprint density at radius 2 is 1.94 bits per heavy atom. The molecule has 2 amide bonds. The number of methoxy groups -OCH3 is 2. The van der Waals surface area contributed by atoms with Crippen LogP contribution in [0.25, 0.3) is 0 Å². The number of nitrogens with one attached hydrogen (secondary N) is 1. The first-order valence-electron chi connectivity index (χ1n) is 11.2. The molecule has 1 aliphatic heterocycles. The van der Waals surface area contributed by atoms with Crippen molar-refractivity contribution in [3.8, 4) is 11.5 Å². The first-order valence-corrected chi connectivity index (χ1v) is 11.6. The van der Waals surface area contributed by atoms with Crippen LogP contribution in [0.4, 0.5) is 5.69 Å². The summed E-state index contributed by atoms with van der Waals surface area (Å²) < 4.78 is 10.8. The van der Waals surface area contributed by atoms with Gasteiger partial charge in [0.05, 0.1) is 30.5 Å². The number of anilines is 1. The van der Waals surface area contributed by atoms with E-state index in [4.69, 9.17) is 21.1 Å². The van der Waals surface area contributed by atoms with Gasteiger partial charge in [-0.25, -0.2) is 0 Å². The minimum Gasteiger partial charge on any atom is -0.497 e. The van der Waals surface area contributed by atoms with E-state index in [1.54, 1.807) is 31.2 Å². The van der Waals surface area contributed by atoms with Crippen LogP contribution in [-0.2, 0) is 11.3 Å². The third-order valence-electron chi connectivity index (χ3n) is 6.28. The van der Waals surface area contributed by atoms with E-state index in [1.165, 1.54) is 12.7 Å². The molecule has 0 unspecified atom stereocenters. The molecule has 176 valence electrons. The first kappa shape index (κ1) is 23.4. The van der Waals surface area contributed by atoms with Crippen LogP contribution < -0.4 is 19.7 Å². The van der Waals surface area contributed by atoms with Crippen molar-refractivity contribution in [1.29, 1.82) is 0 Å². The van der Waals surface area contributed by atoms with Crippen LogP contribution in [0.3, 0.4) is 0 Å². The minimum absolute atomic E-state index is 0.0328. The zero-order valence-corrected chi connectivity index (χ0v) is 20.0. The molecule has 2 aromatic carbocycles. The molecule has 2 fully saturated rings. The number of amides is 2. The quantitative estimate of drug-likeness (QED) is 0.635. The fourth-order valence-electron chi connectivity index (χ4n) is 4.26. The Morgan fingerprint density at radius 3 is 2.64 bits per heavy atom. The van der Waals surface area contributed by atoms with Crippen molar-refractivity contribution >= 4 is 29.1 Å². The van der Waals surface area contributed by atoms with E-state index in [9.17, 15) is 9.59 Å². The zero-order valence-electron chi connectivity index (χ0n) is 19.3. The maximum atomic E-state index is 13.0. The van der Waals surface area contributed by atoms with Gasteiger partial charge in [-0.2, -0.15) is 0 Å². The van der Waals surface area contributed by atoms with Crippen LogP contribution in [0.5, 0.6) is 11.5 Å².